The Hall–Kier alpha value is -2.43. The summed E-state index contributed by atoms with van der Waals surface area (Å²) in [5.41, 5.74) is 1.72. The van der Waals surface area contributed by atoms with Crippen molar-refractivity contribution in [1.29, 1.82) is 0 Å². The third kappa shape index (κ3) is 1.48. The van der Waals surface area contributed by atoms with Crippen molar-refractivity contribution in [3.05, 3.63) is 42.9 Å². The molecule has 0 atom stereocenters. The highest BCUT2D eigenvalue weighted by molar-refractivity contribution is 5.88. The number of H-pyrrole nitrogens is 1. The van der Waals surface area contributed by atoms with Gasteiger partial charge in [-0.05, 0) is 12.1 Å². The number of nitrogens with one attached hydrogen (secondary N) is 2. The fourth-order valence-electron chi connectivity index (χ4n) is 1.51. The quantitative estimate of drug-likeness (QED) is 0.681. The molecule has 0 amide bonds. The summed E-state index contributed by atoms with van der Waals surface area (Å²) < 4.78 is 0. The maximum Gasteiger partial charge on any atom is 0.163 e. The van der Waals surface area contributed by atoms with Gasteiger partial charge in [0.2, 0.25) is 0 Å². The number of para-hydroxylation sites is 1. The summed E-state index contributed by atoms with van der Waals surface area (Å²) in [6.45, 7) is 0. The molecule has 2 N–H and O–H groups in total. The van der Waals surface area contributed by atoms with Gasteiger partial charge in [0, 0.05) is 11.9 Å². The molecular weight excluding hydrogens is 202 g/mol. The van der Waals surface area contributed by atoms with E-state index in [0.717, 1.165) is 22.5 Å². The SMILES string of the molecule is c1ccc(Nc2n[nH]c3ncncc23)cc1. The molecule has 0 unspecified atom stereocenters. The summed E-state index contributed by atoms with van der Waals surface area (Å²) in [5.74, 6) is 0.738. The Balaban J connectivity index is 2.01. The number of anilines is 2. The number of aromatic amines is 1. The van der Waals surface area contributed by atoms with E-state index in [1.54, 1.807) is 6.20 Å². The van der Waals surface area contributed by atoms with Crippen molar-refractivity contribution >= 4 is 22.5 Å². The van der Waals surface area contributed by atoms with Crippen LogP contribution in [0.25, 0.3) is 11.0 Å². The summed E-state index contributed by atoms with van der Waals surface area (Å²) in [6.07, 6.45) is 3.23. The van der Waals surface area contributed by atoms with Crippen LogP contribution in [0.2, 0.25) is 0 Å². The largest absolute Gasteiger partial charge is 0.338 e. The van der Waals surface area contributed by atoms with Crippen LogP contribution in [-0.4, -0.2) is 20.2 Å². The average molecular weight is 211 g/mol. The second-order valence-electron chi connectivity index (χ2n) is 3.35. The van der Waals surface area contributed by atoms with Crippen LogP contribution < -0.4 is 5.32 Å². The maximum absolute atomic E-state index is 4.15. The smallest absolute Gasteiger partial charge is 0.163 e. The molecule has 0 aliphatic rings. The molecule has 2 heterocycles. The molecule has 0 radical (unpaired) electrons. The van der Waals surface area contributed by atoms with Crippen LogP contribution in [0.3, 0.4) is 0 Å². The van der Waals surface area contributed by atoms with Gasteiger partial charge in [-0.3, -0.25) is 5.10 Å². The first-order chi connectivity index (χ1) is 7.93. The van der Waals surface area contributed by atoms with Crippen molar-refractivity contribution in [3.63, 3.8) is 0 Å². The van der Waals surface area contributed by atoms with Gasteiger partial charge < -0.3 is 5.32 Å². The lowest BCUT2D eigenvalue weighted by atomic mass is 10.3. The number of nitrogens with zero attached hydrogens (tertiary/aromatic N) is 3. The fourth-order valence-corrected chi connectivity index (χ4v) is 1.51. The molecular formula is C11H9N5. The van der Waals surface area contributed by atoms with Crippen LogP contribution in [0.5, 0.6) is 0 Å². The number of hydrogen-bond donors (Lipinski definition) is 2. The van der Waals surface area contributed by atoms with Crippen LogP contribution in [0, 0.1) is 0 Å². The minimum atomic E-state index is 0.730. The molecule has 16 heavy (non-hydrogen) atoms. The number of rotatable bonds is 2. The molecule has 1 aromatic carbocycles. The number of hydrogen-bond acceptors (Lipinski definition) is 4. The molecule has 5 nitrogen and oxygen atoms in total. The van der Waals surface area contributed by atoms with E-state index >= 15 is 0 Å². The van der Waals surface area contributed by atoms with Crippen LogP contribution in [0.4, 0.5) is 11.5 Å². The standard InChI is InChI=1S/C11H9N5/c1-2-4-8(5-3-1)14-11-9-6-12-7-13-10(9)15-16-11/h1-7H,(H2,12,13,14,15,16). The predicted octanol–water partition coefficient (Wildman–Crippen LogP) is 2.10. The van der Waals surface area contributed by atoms with E-state index < -0.39 is 0 Å². The van der Waals surface area contributed by atoms with E-state index in [4.69, 9.17) is 0 Å². The van der Waals surface area contributed by atoms with E-state index in [0.29, 0.717) is 0 Å². The van der Waals surface area contributed by atoms with Crippen LogP contribution in [-0.2, 0) is 0 Å². The maximum atomic E-state index is 4.15. The Morgan fingerprint density at radius 3 is 2.88 bits per heavy atom. The number of aromatic nitrogens is 4. The molecule has 0 saturated carbocycles. The minimum absolute atomic E-state index is 0.730. The molecule has 0 saturated heterocycles. The fraction of sp³-hybridized carbons (Fsp3) is 0. The van der Waals surface area contributed by atoms with E-state index in [2.05, 4.69) is 25.5 Å². The van der Waals surface area contributed by atoms with E-state index in [1.165, 1.54) is 6.33 Å². The molecule has 78 valence electrons. The van der Waals surface area contributed by atoms with Crippen molar-refractivity contribution in [2.75, 3.05) is 5.32 Å². The van der Waals surface area contributed by atoms with Gasteiger partial charge in [0.1, 0.15) is 6.33 Å². The van der Waals surface area contributed by atoms with Crippen molar-refractivity contribution < 1.29 is 0 Å². The first-order valence-corrected chi connectivity index (χ1v) is 4.89. The molecule has 3 aromatic rings. The minimum Gasteiger partial charge on any atom is -0.338 e. The Kier molecular flexibility index (Phi) is 2.00. The first kappa shape index (κ1) is 8.84. The van der Waals surface area contributed by atoms with Crippen molar-refractivity contribution in [1.82, 2.24) is 20.2 Å². The van der Waals surface area contributed by atoms with E-state index in [1.807, 2.05) is 30.3 Å². The van der Waals surface area contributed by atoms with Gasteiger partial charge in [-0.1, -0.05) is 18.2 Å². The topological polar surface area (TPSA) is 66.5 Å². The highest BCUT2D eigenvalue weighted by Gasteiger charge is 2.05. The van der Waals surface area contributed by atoms with Gasteiger partial charge >= 0.3 is 0 Å². The lowest BCUT2D eigenvalue weighted by Crippen LogP contribution is -1.90. The van der Waals surface area contributed by atoms with Gasteiger partial charge in [-0.15, -0.1) is 0 Å². The monoisotopic (exact) mass is 211 g/mol. The van der Waals surface area contributed by atoms with Crippen LogP contribution in [0.1, 0.15) is 0 Å². The van der Waals surface area contributed by atoms with Gasteiger partial charge in [-0.25, -0.2) is 9.97 Å². The van der Waals surface area contributed by atoms with Gasteiger partial charge in [0.15, 0.2) is 11.5 Å². The highest BCUT2D eigenvalue weighted by Crippen LogP contribution is 2.20. The van der Waals surface area contributed by atoms with E-state index in [9.17, 15) is 0 Å². The normalized spacial score (nSPS) is 10.5. The molecule has 0 aliphatic carbocycles. The molecule has 0 bridgehead atoms. The second-order valence-corrected chi connectivity index (χ2v) is 3.35. The number of benzene rings is 1. The average Bonchev–Trinajstić information content (AvgIpc) is 2.74. The molecule has 0 fully saturated rings. The molecule has 3 rings (SSSR count). The molecule has 5 heteroatoms. The van der Waals surface area contributed by atoms with E-state index in [-0.39, 0.29) is 0 Å². The summed E-state index contributed by atoms with van der Waals surface area (Å²) in [5, 5.41) is 11.1. The van der Waals surface area contributed by atoms with Gasteiger partial charge in [-0.2, -0.15) is 5.10 Å². The van der Waals surface area contributed by atoms with Crippen LogP contribution >= 0.6 is 0 Å². The lowest BCUT2D eigenvalue weighted by Gasteiger charge is -2.01. The first-order valence-electron chi connectivity index (χ1n) is 4.89. The zero-order valence-corrected chi connectivity index (χ0v) is 8.38. The highest BCUT2D eigenvalue weighted by atomic mass is 15.2. The van der Waals surface area contributed by atoms with Gasteiger partial charge in [0.25, 0.3) is 0 Å². The third-order valence-electron chi connectivity index (χ3n) is 2.28. The lowest BCUT2D eigenvalue weighted by molar-refractivity contribution is 1.09. The van der Waals surface area contributed by atoms with Crippen molar-refractivity contribution in [3.8, 4) is 0 Å². The molecule has 0 aliphatic heterocycles. The molecule has 2 aromatic heterocycles. The summed E-state index contributed by atoms with van der Waals surface area (Å²) in [7, 11) is 0. The van der Waals surface area contributed by atoms with Crippen LogP contribution in [0.15, 0.2) is 42.9 Å². The predicted molar refractivity (Wildman–Crippen MR) is 61.4 cm³/mol. The summed E-state index contributed by atoms with van der Waals surface area (Å²) in [6, 6.07) is 9.85. The Morgan fingerprint density at radius 1 is 1.12 bits per heavy atom. The summed E-state index contributed by atoms with van der Waals surface area (Å²) in [4.78, 5) is 8.05. The summed E-state index contributed by atoms with van der Waals surface area (Å²) >= 11 is 0. The van der Waals surface area contributed by atoms with Crippen molar-refractivity contribution in [2.24, 2.45) is 0 Å². The Bertz CT molecular complexity index is 602. The Labute approximate surface area is 91.6 Å². The Morgan fingerprint density at radius 2 is 2.00 bits per heavy atom. The zero-order valence-electron chi connectivity index (χ0n) is 8.38. The second kappa shape index (κ2) is 3.62. The van der Waals surface area contributed by atoms with Crippen molar-refractivity contribution in [2.45, 2.75) is 0 Å². The zero-order chi connectivity index (χ0) is 10.8. The number of fused-ring (bicyclic) bond motifs is 1. The third-order valence-corrected chi connectivity index (χ3v) is 2.28. The molecule has 0 spiro atoms. The van der Waals surface area contributed by atoms with Gasteiger partial charge in [0.05, 0.1) is 5.39 Å².